The van der Waals surface area contributed by atoms with E-state index in [2.05, 4.69) is 30.3 Å². The Morgan fingerprint density at radius 3 is 2.25 bits per heavy atom. The first kappa shape index (κ1) is 6.67. The van der Waals surface area contributed by atoms with Crippen LogP contribution in [0.4, 0.5) is 0 Å². The van der Waals surface area contributed by atoms with Gasteiger partial charge in [0.2, 0.25) is 0 Å². The molecule has 62 valence electrons. The van der Waals surface area contributed by atoms with Crippen molar-refractivity contribution in [3.63, 3.8) is 0 Å². The van der Waals surface area contributed by atoms with Crippen molar-refractivity contribution in [2.24, 2.45) is 11.1 Å². The van der Waals surface area contributed by atoms with Crippen molar-refractivity contribution >= 4 is 0 Å². The molecule has 1 heteroatoms. The largest absolute Gasteiger partial charge is 0.325 e. The van der Waals surface area contributed by atoms with Crippen molar-refractivity contribution in [2.45, 2.75) is 24.8 Å². The molecule has 2 saturated carbocycles. The summed E-state index contributed by atoms with van der Waals surface area (Å²) in [5.41, 5.74) is 8.27. The minimum absolute atomic E-state index is 0.267. The van der Waals surface area contributed by atoms with E-state index in [9.17, 15) is 0 Å². The van der Waals surface area contributed by atoms with Gasteiger partial charge in [-0.3, -0.25) is 0 Å². The minimum Gasteiger partial charge on any atom is -0.325 e. The van der Waals surface area contributed by atoms with Gasteiger partial charge in [-0.25, -0.2) is 0 Å². The molecule has 2 aliphatic rings. The molecule has 0 aromatic heterocycles. The molecule has 2 aliphatic carbocycles. The van der Waals surface area contributed by atoms with Crippen LogP contribution in [0.5, 0.6) is 0 Å². The van der Waals surface area contributed by atoms with Crippen molar-refractivity contribution in [1.29, 1.82) is 0 Å². The Labute approximate surface area is 72.6 Å². The van der Waals surface area contributed by atoms with Crippen LogP contribution in [0.2, 0.25) is 0 Å². The van der Waals surface area contributed by atoms with Crippen LogP contribution >= 0.6 is 0 Å². The smallest absolute Gasteiger partial charge is 0.0228 e. The number of fused-ring (bicyclic) bond motifs is 1. The third kappa shape index (κ3) is 0.721. The quantitative estimate of drug-likeness (QED) is 0.698. The van der Waals surface area contributed by atoms with Gasteiger partial charge < -0.3 is 5.73 Å². The zero-order valence-corrected chi connectivity index (χ0v) is 7.09. The molecule has 0 bridgehead atoms. The van der Waals surface area contributed by atoms with Crippen LogP contribution in [-0.4, -0.2) is 5.54 Å². The van der Waals surface area contributed by atoms with Crippen LogP contribution in [0.15, 0.2) is 30.3 Å². The fraction of sp³-hybridized carbons (Fsp3) is 0.455. The van der Waals surface area contributed by atoms with Gasteiger partial charge in [0.05, 0.1) is 0 Å². The minimum atomic E-state index is 0.267. The molecule has 0 radical (unpaired) electrons. The molecular weight excluding hydrogens is 146 g/mol. The Kier molecular flexibility index (Phi) is 0.969. The molecule has 0 heterocycles. The molecule has 0 saturated heterocycles. The van der Waals surface area contributed by atoms with Gasteiger partial charge in [0.15, 0.2) is 0 Å². The van der Waals surface area contributed by atoms with Gasteiger partial charge in [0, 0.05) is 5.54 Å². The molecule has 1 aromatic carbocycles. The Balaban J connectivity index is 1.78. The van der Waals surface area contributed by atoms with E-state index in [4.69, 9.17) is 5.73 Å². The molecule has 0 unspecified atom stereocenters. The highest BCUT2D eigenvalue weighted by Crippen LogP contribution is 2.78. The number of hydrogen-bond donors (Lipinski definition) is 1. The highest BCUT2D eigenvalue weighted by Gasteiger charge is 2.80. The average molecular weight is 159 g/mol. The van der Waals surface area contributed by atoms with Crippen molar-refractivity contribution in [3.05, 3.63) is 35.9 Å². The highest BCUT2D eigenvalue weighted by atomic mass is 15.0. The molecular formula is C11H13N. The fourth-order valence-corrected chi connectivity index (χ4v) is 2.36. The first-order valence-corrected chi connectivity index (χ1v) is 4.57. The molecule has 0 aliphatic heterocycles. The Bertz CT molecular complexity index is 309. The second-order valence-corrected chi connectivity index (χ2v) is 4.45. The van der Waals surface area contributed by atoms with Crippen molar-refractivity contribution in [1.82, 2.24) is 0 Å². The summed E-state index contributed by atoms with van der Waals surface area (Å²) in [5, 5.41) is 0. The predicted octanol–water partition coefficient (Wildman–Crippen LogP) is 1.72. The van der Waals surface area contributed by atoms with Gasteiger partial charge in [0.1, 0.15) is 0 Å². The van der Waals surface area contributed by atoms with Gasteiger partial charge in [-0.2, -0.15) is 0 Å². The summed E-state index contributed by atoms with van der Waals surface area (Å²) >= 11 is 0. The molecule has 1 aromatic rings. The fourth-order valence-electron chi connectivity index (χ4n) is 2.36. The third-order valence-corrected chi connectivity index (χ3v) is 3.50. The molecule has 0 amide bonds. The zero-order valence-electron chi connectivity index (χ0n) is 7.09. The van der Waals surface area contributed by atoms with Crippen molar-refractivity contribution < 1.29 is 0 Å². The lowest BCUT2D eigenvalue weighted by Crippen LogP contribution is -2.07. The second kappa shape index (κ2) is 1.74. The molecule has 2 fully saturated rings. The lowest BCUT2D eigenvalue weighted by molar-refractivity contribution is 0.641. The average Bonchev–Trinajstić information content (AvgIpc) is 2.75. The number of rotatable bonds is 2. The van der Waals surface area contributed by atoms with Crippen LogP contribution in [0, 0.1) is 5.41 Å². The predicted molar refractivity (Wildman–Crippen MR) is 48.7 cm³/mol. The SMILES string of the molecule is NC12CC1(Cc1ccccc1)C2. The highest BCUT2D eigenvalue weighted by molar-refractivity contribution is 5.39. The van der Waals surface area contributed by atoms with E-state index in [0.717, 1.165) is 0 Å². The van der Waals surface area contributed by atoms with Crippen LogP contribution in [0.25, 0.3) is 0 Å². The lowest BCUT2D eigenvalue weighted by atomic mass is 10.0. The molecule has 0 atom stereocenters. The summed E-state index contributed by atoms with van der Waals surface area (Å²) in [5.74, 6) is 0. The molecule has 12 heavy (non-hydrogen) atoms. The summed E-state index contributed by atoms with van der Waals surface area (Å²) in [7, 11) is 0. The van der Waals surface area contributed by atoms with Gasteiger partial charge in [-0.05, 0) is 30.2 Å². The van der Waals surface area contributed by atoms with E-state index in [0.29, 0.717) is 5.41 Å². The molecule has 2 N–H and O–H groups in total. The van der Waals surface area contributed by atoms with E-state index < -0.39 is 0 Å². The van der Waals surface area contributed by atoms with E-state index in [-0.39, 0.29) is 5.54 Å². The van der Waals surface area contributed by atoms with E-state index in [1.807, 2.05) is 0 Å². The normalized spacial score (nSPS) is 42.1. The van der Waals surface area contributed by atoms with Crippen LogP contribution < -0.4 is 5.73 Å². The summed E-state index contributed by atoms with van der Waals surface area (Å²) in [4.78, 5) is 0. The Morgan fingerprint density at radius 2 is 1.75 bits per heavy atom. The molecule has 1 nitrogen and oxygen atoms in total. The van der Waals surface area contributed by atoms with Crippen molar-refractivity contribution in [2.75, 3.05) is 0 Å². The maximum atomic E-state index is 6.02. The monoisotopic (exact) mass is 159 g/mol. The van der Waals surface area contributed by atoms with Crippen LogP contribution in [-0.2, 0) is 6.42 Å². The summed E-state index contributed by atoms with van der Waals surface area (Å²) in [6.07, 6.45) is 3.72. The van der Waals surface area contributed by atoms with Gasteiger partial charge in [-0.15, -0.1) is 0 Å². The van der Waals surface area contributed by atoms with Crippen LogP contribution in [0.3, 0.4) is 0 Å². The maximum Gasteiger partial charge on any atom is 0.0228 e. The summed E-state index contributed by atoms with van der Waals surface area (Å²) in [6, 6.07) is 10.7. The molecule has 0 spiro atoms. The van der Waals surface area contributed by atoms with Gasteiger partial charge >= 0.3 is 0 Å². The van der Waals surface area contributed by atoms with E-state index >= 15 is 0 Å². The van der Waals surface area contributed by atoms with E-state index in [1.165, 1.54) is 24.8 Å². The number of benzene rings is 1. The zero-order chi connectivity index (χ0) is 8.23. The summed E-state index contributed by atoms with van der Waals surface area (Å²) in [6.45, 7) is 0. The topological polar surface area (TPSA) is 26.0 Å². The van der Waals surface area contributed by atoms with Crippen molar-refractivity contribution in [3.8, 4) is 0 Å². The van der Waals surface area contributed by atoms with Crippen LogP contribution in [0.1, 0.15) is 18.4 Å². The first-order valence-electron chi connectivity index (χ1n) is 4.57. The number of hydrogen-bond acceptors (Lipinski definition) is 1. The second-order valence-electron chi connectivity index (χ2n) is 4.45. The molecule has 3 rings (SSSR count). The van der Waals surface area contributed by atoms with Gasteiger partial charge in [-0.1, -0.05) is 30.3 Å². The Morgan fingerprint density at radius 1 is 1.17 bits per heavy atom. The van der Waals surface area contributed by atoms with E-state index in [1.54, 1.807) is 0 Å². The van der Waals surface area contributed by atoms with Gasteiger partial charge in [0.25, 0.3) is 0 Å². The summed E-state index contributed by atoms with van der Waals surface area (Å²) < 4.78 is 0. The first-order chi connectivity index (χ1) is 5.74. The number of nitrogens with two attached hydrogens (primary N) is 1. The Hall–Kier alpha value is -0.820. The standard InChI is InChI=1S/C11H13N/c12-11-7-10(11,8-11)6-9-4-2-1-3-5-9/h1-5H,6-8,12H2. The maximum absolute atomic E-state index is 6.02. The third-order valence-electron chi connectivity index (χ3n) is 3.50. The lowest BCUT2D eigenvalue weighted by Gasteiger charge is -2.01.